The summed E-state index contributed by atoms with van der Waals surface area (Å²) < 4.78 is 16.5. The van der Waals surface area contributed by atoms with Crippen LogP contribution >= 0.6 is 0 Å². The average Bonchev–Trinajstić information content (AvgIpc) is 3.20. The van der Waals surface area contributed by atoms with E-state index in [0.717, 1.165) is 17.7 Å². The lowest BCUT2D eigenvalue weighted by Crippen LogP contribution is -2.15. The van der Waals surface area contributed by atoms with Crippen molar-refractivity contribution in [3.8, 4) is 11.5 Å². The van der Waals surface area contributed by atoms with E-state index in [1.54, 1.807) is 37.4 Å². The molecule has 3 aromatic rings. The highest BCUT2D eigenvalue weighted by Gasteiger charge is 2.28. The number of fused-ring (bicyclic) bond motifs is 1. The van der Waals surface area contributed by atoms with E-state index >= 15 is 0 Å². The first kappa shape index (κ1) is 22.8. The number of hydrazone groups is 1. The van der Waals surface area contributed by atoms with Crippen molar-refractivity contribution in [2.75, 3.05) is 25.0 Å². The van der Waals surface area contributed by atoms with Crippen LogP contribution in [0.3, 0.4) is 0 Å². The first-order valence-electron chi connectivity index (χ1n) is 10.6. The van der Waals surface area contributed by atoms with E-state index in [1.807, 2.05) is 6.92 Å². The molecule has 1 aromatic heterocycles. The fraction of sp³-hybridized carbons (Fsp3) is 0.250. The van der Waals surface area contributed by atoms with Crippen LogP contribution in [0, 0.1) is 17.0 Å². The summed E-state index contributed by atoms with van der Waals surface area (Å²) in [4.78, 5) is 23.4. The minimum absolute atomic E-state index is 0.00739. The lowest BCUT2D eigenvalue weighted by Gasteiger charge is -2.13. The van der Waals surface area contributed by atoms with Crippen LogP contribution in [0.1, 0.15) is 40.3 Å². The number of hydrogen-bond acceptors (Lipinski definition) is 8. The van der Waals surface area contributed by atoms with Crippen molar-refractivity contribution in [2.45, 2.75) is 26.2 Å². The van der Waals surface area contributed by atoms with Gasteiger partial charge in [-0.2, -0.15) is 5.10 Å². The molecule has 2 N–H and O–H groups in total. The molecule has 2 aromatic carbocycles. The van der Waals surface area contributed by atoms with E-state index in [2.05, 4.69) is 15.8 Å². The minimum Gasteiger partial charge on any atom is -0.497 e. The highest BCUT2D eigenvalue weighted by molar-refractivity contribution is 6.09. The molecule has 4 rings (SSSR count). The molecule has 0 saturated heterocycles. The summed E-state index contributed by atoms with van der Waals surface area (Å²) in [7, 11) is 3.07. The highest BCUT2D eigenvalue weighted by Crippen LogP contribution is 2.33. The van der Waals surface area contributed by atoms with Gasteiger partial charge >= 0.3 is 0 Å². The molecular weight excluding hydrogens is 440 g/mol. The maximum Gasteiger partial charge on any atom is 0.291 e. The Bertz CT molecular complexity index is 1260. The zero-order valence-electron chi connectivity index (χ0n) is 19.0. The number of anilines is 2. The Morgan fingerprint density at radius 1 is 1.12 bits per heavy atom. The number of hydrogen-bond donors (Lipinski definition) is 2. The Kier molecular flexibility index (Phi) is 6.48. The number of nitro groups is 1. The maximum atomic E-state index is 13.0. The predicted octanol–water partition coefficient (Wildman–Crippen LogP) is 4.92. The van der Waals surface area contributed by atoms with Crippen molar-refractivity contribution in [2.24, 2.45) is 5.10 Å². The first-order chi connectivity index (χ1) is 16.4. The topological polar surface area (TPSA) is 128 Å². The summed E-state index contributed by atoms with van der Waals surface area (Å²) in [6.07, 6.45) is 2.24. The molecule has 0 unspecified atom stereocenters. The van der Waals surface area contributed by atoms with Gasteiger partial charge in [0.25, 0.3) is 11.6 Å². The number of benzene rings is 2. The molecule has 0 radical (unpaired) electrons. The van der Waals surface area contributed by atoms with Crippen LogP contribution in [0.5, 0.6) is 11.5 Å². The number of aryl methyl sites for hydroxylation is 1. The predicted molar refractivity (Wildman–Crippen MR) is 127 cm³/mol. The molecule has 10 nitrogen and oxygen atoms in total. The Morgan fingerprint density at radius 3 is 2.56 bits per heavy atom. The van der Waals surface area contributed by atoms with Gasteiger partial charge in [-0.25, -0.2) is 0 Å². The van der Waals surface area contributed by atoms with E-state index in [-0.39, 0.29) is 11.4 Å². The summed E-state index contributed by atoms with van der Waals surface area (Å²) in [6.45, 7) is 1.83. The summed E-state index contributed by atoms with van der Waals surface area (Å²) in [5, 5.41) is 18.2. The normalized spacial score (nSPS) is 13.8. The minimum atomic E-state index is -0.452. The quantitative estimate of drug-likeness (QED) is 0.375. The summed E-state index contributed by atoms with van der Waals surface area (Å²) >= 11 is 0. The number of nitrogens with zero attached hydrogens (tertiary/aromatic N) is 2. The second-order valence-electron chi connectivity index (χ2n) is 7.70. The second-order valence-corrected chi connectivity index (χ2v) is 7.70. The first-order valence-corrected chi connectivity index (χ1v) is 10.6. The van der Waals surface area contributed by atoms with Crippen LogP contribution in [0.25, 0.3) is 0 Å². The molecule has 0 saturated carbocycles. The largest absolute Gasteiger partial charge is 0.497 e. The van der Waals surface area contributed by atoms with Crippen molar-refractivity contribution in [1.82, 2.24) is 0 Å². The molecule has 176 valence electrons. The number of carbonyl (C=O) groups is 1. The molecule has 0 spiro atoms. The van der Waals surface area contributed by atoms with Gasteiger partial charge in [0.2, 0.25) is 0 Å². The van der Waals surface area contributed by atoms with Crippen molar-refractivity contribution in [3.63, 3.8) is 0 Å². The SMILES string of the molecule is COc1ccc(NC(=O)c2oc3c(c2C)/C(=N/Nc2ccc([N+](=O)[O-])cc2)CCC3)c(OC)c1. The number of amides is 1. The number of methoxy groups -OCH3 is 2. The van der Waals surface area contributed by atoms with Crippen molar-refractivity contribution < 1.29 is 23.6 Å². The Balaban J connectivity index is 1.57. The van der Waals surface area contributed by atoms with Crippen LogP contribution in [0.15, 0.2) is 52.0 Å². The van der Waals surface area contributed by atoms with Gasteiger partial charge in [-0.05, 0) is 44.0 Å². The fourth-order valence-electron chi connectivity index (χ4n) is 3.87. The van der Waals surface area contributed by atoms with Gasteiger partial charge in [0.05, 0.1) is 36.2 Å². The number of furan rings is 1. The van der Waals surface area contributed by atoms with Gasteiger partial charge in [-0.15, -0.1) is 0 Å². The van der Waals surface area contributed by atoms with Crippen LogP contribution in [0.4, 0.5) is 17.1 Å². The molecule has 0 fully saturated rings. The third kappa shape index (κ3) is 4.56. The summed E-state index contributed by atoms with van der Waals surface area (Å²) in [5.74, 6) is 1.61. The standard InChI is InChI=1S/C24H24N4O6/c1-14-22-19(27-26-15-7-9-16(10-8-15)28(30)31)5-4-6-20(22)34-23(14)24(29)25-18-12-11-17(32-2)13-21(18)33-3/h7-13,26H,4-6H2,1-3H3,(H,25,29)/b27-19+. The van der Waals surface area contributed by atoms with Crippen LogP contribution in [-0.4, -0.2) is 30.8 Å². The van der Waals surface area contributed by atoms with Crippen molar-refractivity contribution in [3.05, 3.63) is 75.2 Å². The smallest absolute Gasteiger partial charge is 0.291 e. The molecule has 1 amide bonds. The van der Waals surface area contributed by atoms with Gasteiger partial charge in [0, 0.05) is 35.7 Å². The molecule has 34 heavy (non-hydrogen) atoms. The Labute approximate surface area is 195 Å². The molecule has 1 aliphatic carbocycles. The van der Waals surface area contributed by atoms with Crippen LogP contribution < -0.4 is 20.2 Å². The van der Waals surface area contributed by atoms with Gasteiger partial charge in [0.15, 0.2) is 5.76 Å². The fourth-order valence-corrected chi connectivity index (χ4v) is 3.87. The van der Waals surface area contributed by atoms with Crippen molar-refractivity contribution >= 4 is 28.7 Å². The number of nitro benzene ring substituents is 1. The molecule has 0 aliphatic heterocycles. The number of nitrogens with one attached hydrogen (secondary N) is 2. The number of non-ortho nitro benzene ring substituents is 1. The lowest BCUT2D eigenvalue weighted by molar-refractivity contribution is -0.384. The van der Waals surface area contributed by atoms with E-state index in [1.165, 1.54) is 19.2 Å². The molecule has 1 heterocycles. The van der Waals surface area contributed by atoms with E-state index in [0.29, 0.717) is 47.0 Å². The monoisotopic (exact) mass is 464 g/mol. The molecule has 10 heteroatoms. The highest BCUT2D eigenvalue weighted by atomic mass is 16.6. The zero-order chi connectivity index (χ0) is 24.2. The van der Waals surface area contributed by atoms with E-state index in [4.69, 9.17) is 13.9 Å². The molecule has 0 bridgehead atoms. The van der Waals surface area contributed by atoms with Crippen LogP contribution in [-0.2, 0) is 6.42 Å². The zero-order valence-corrected chi connectivity index (χ0v) is 19.0. The van der Waals surface area contributed by atoms with Gasteiger partial charge < -0.3 is 19.2 Å². The van der Waals surface area contributed by atoms with Gasteiger partial charge in [-0.3, -0.25) is 20.3 Å². The molecular formula is C24H24N4O6. The number of carbonyl (C=O) groups excluding carboxylic acids is 1. The third-order valence-electron chi connectivity index (χ3n) is 5.59. The molecule has 0 atom stereocenters. The summed E-state index contributed by atoms with van der Waals surface area (Å²) in [5.41, 5.74) is 6.35. The van der Waals surface area contributed by atoms with Gasteiger partial charge in [-0.1, -0.05) is 0 Å². The van der Waals surface area contributed by atoms with Crippen molar-refractivity contribution in [1.29, 1.82) is 0 Å². The Morgan fingerprint density at radius 2 is 1.88 bits per heavy atom. The van der Waals surface area contributed by atoms with E-state index in [9.17, 15) is 14.9 Å². The summed E-state index contributed by atoms with van der Waals surface area (Å²) in [6, 6.07) is 11.1. The van der Waals surface area contributed by atoms with Gasteiger partial charge in [0.1, 0.15) is 17.3 Å². The lowest BCUT2D eigenvalue weighted by atomic mass is 9.93. The third-order valence-corrected chi connectivity index (χ3v) is 5.59. The number of rotatable bonds is 7. The van der Waals surface area contributed by atoms with E-state index < -0.39 is 10.8 Å². The second kappa shape index (κ2) is 9.65. The Hall–Kier alpha value is -4.34. The average molecular weight is 464 g/mol. The van der Waals surface area contributed by atoms with Crippen LogP contribution in [0.2, 0.25) is 0 Å². The molecule has 1 aliphatic rings. The number of ether oxygens (including phenoxy) is 2. The maximum absolute atomic E-state index is 13.0.